The van der Waals surface area contributed by atoms with Gasteiger partial charge in [-0.2, -0.15) is 0 Å². The number of alkyl carbamates (subject to hydrolysis) is 1. The summed E-state index contributed by atoms with van der Waals surface area (Å²) in [6.45, 7) is 4.07. The minimum absolute atomic E-state index is 0.00431. The van der Waals surface area contributed by atoms with Crippen LogP contribution in [0.5, 0.6) is 0 Å². The molecule has 0 bridgehead atoms. The number of nitrogens with one attached hydrogen (secondary N) is 1. The van der Waals surface area contributed by atoms with E-state index in [1.165, 1.54) is 23.0 Å². The summed E-state index contributed by atoms with van der Waals surface area (Å²) in [5.74, 6) is -1.28. The number of ether oxygens (including phenoxy) is 1. The minimum atomic E-state index is -1.04. The summed E-state index contributed by atoms with van der Waals surface area (Å²) < 4.78 is 5.46. The molecule has 2 amide bonds. The Morgan fingerprint density at radius 2 is 1.65 bits per heavy atom. The van der Waals surface area contributed by atoms with Crippen LogP contribution in [0.15, 0.2) is 48.5 Å². The Labute approximate surface area is 182 Å². The maximum Gasteiger partial charge on any atom is 0.407 e. The van der Waals surface area contributed by atoms with E-state index >= 15 is 0 Å². The summed E-state index contributed by atoms with van der Waals surface area (Å²) in [6, 6.07) is 15.4. The molecule has 0 heterocycles. The summed E-state index contributed by atoms with van der Waals surface area (Å²) in [5, 5.41) is 11.8. The van der Waals surface area contributed by atoms with Gasteiger partial charge in [0, 0.05) is 25.4 Å². The second kappa shape index (κ2) is 10.1. The summed E-state index contributed by atoms with van der Waals surface area (Å²) in [7, 11) is 0. The van der Waals surface area contributed by atoms with Crippen LogP contribution in [0.1, 0.15) is 43.7 Å². The summed E-state index contributed by atoms with van der Waals surface area (Å²) >= 11 is 0. The summed E-state index contributed by atoms with van der Waals surface area (Å²) in [6.07, 6.45) is 0.0432. The SMILES string of the molecule is CCN(C(=O)CCCNC(=O)OCC1c2ccccc2-c2ccccc21)C(C)C(=O)O. The van der Waals surface area contributed by atoms with Gasteiger partial charge in [-0.1, -0.05) is 48.5 Å². The van der Waals surface area contributed by atoms with Crippen molar-refractivity contribution in [2.75, 3.05) is 19.7 Å². The molecule has 0 spiro atoms. The maximum atomic E-state index is 12.2. The first-order valence-corrected chi connectivity index (χ1v) is 10.5. The molecule has 3 rings (SSSR count). The molecule has 1 unspecified atom stereocenters. The molecule has 0 aromatic heterocycles. The molecule has 0 saturated heterocycles. The van der Waals surface area contributed by atoms with Crippen LogP contribution in [0.4, 0.5) is 4.79 Å². The van der Waals surface area contributed by atoms with Crippen molar-refractivity contribution in [3.05, 3.63) is 59.7 Å². The number of carboxylic acids is 1. The van der Waals surface area contributed by atoms with E-state index < -0.39 is 18.1 Å². The van der Waals surface area contributed by atoms with Crippen molar-refractivity contribution in [3.63, 3.8) is 0 Å². The van der Waals surface area contributed by atoms with E-state index in [0.717, 1.165) is 11.1 Å². The van der Waals surface area contributed by atoms with Gasteiger partial charge in [-0.25, -0.2) is 9.59 Å². The van der Waals surface area contributed by atoms with Gasteiger partial charge in [-0.3, -0.25) is 4.79 Å². The van der Waals surface area contributed by atoms with Crippen LogP contribution >= 0.6 is 0 Å². The average Bonchev–Trinajstić information content (AvgIpc) is 3.09. The van der Waals surface area contributed by atoms with E-state index in [1.807, 2.05) is 24.3 Å². The number of benzene rings is 2. The largest absolute Gasteiger partial charge is 0.480 e. The van der Waals surface area contributed by atoms with E-state index in [4.69, 9.17) is 9.84 Å². The lowest BCUT2D eigenvalue weighted by atomic mass is 9.98. The van der Waals surface area contributed by atoms with Gasteiger partial charge in [0.15, 0.2) is 0 Å². The monoisotopic (exact) mass is 424 g/mol. The highest BCUT2D eigenvalue weighted by atomic mass is 16.5. The summed E-state index contributed by atoms with van der Waals surface area (Å²) in [5.41, 5.74) is 4.63. The Morgan fingerprint density at radius 3 is 2.19 bits per heavy atom. The molecular formula is C24H28N2O5. The van der Waals surface area contributed by atoms with Crippen LogP contribution in [0.25, 0.3) is 11.1 Å². The van der Waals surface area contributed by atoms with E-state index in [-0.39, 0.29) is 31.4 Å². The number of amides is 2. The highest BCUT2D eigenvalue weighted by molar-refractivity contribution is 5.83. The number of hydrogen-bond donors (Lipinski definition) is 2. The van der Waals surface area contributed by atoms with Crippen LogP contribution in [-0.2, 0) is 14.3 Å². The highest BCUT2D eigenvalue weighted by Gasteiger charge is 2.29. The first kappa shape index (κ1) is 22.3. The van der Waals surface area contributed by atoms with Crippen LogP contribution in [0, 0.1) is 0 Å². The third kappa shape index (κ3) is 5.05. The topological polar surface area (TPSA) is 95.9 Å². The zero-order valence-corrected chi connectivity index (χ0v) is 17.8. The molecule has 0 saturated carbocycles. The van der Waals surface area contributed by atoms with E-state index in [0.29, 0.717) is 13.0 Å². The normalized spacial score (nSPS) is 13.1. The minimum Gasteiger partial charge on any atom is -0.480 e. The molecule has 2 N–H and O–H groups in total. The van der Waals surface area contributed by atoms with Gasteiger partial charge in [0.1, 0.15) is 12.6 Å². The van der Waals surface area contributed by atoms with Gasteiger partial charge in [-0.05, 0) is 42.5 Å². The fourth-order valence-electron chi connectivity index (χ4n) is 4.02. The van der Waals surface area contributed by atoms with E-state index in [1.54, 1.807) is 6.92 Å². The predicted molar refractivity (Wildman–Crippen MR) is 117 cm³/mol. The van der Waals surface area contributed by atoms with Crippen molar-refractivity contribution in [1.82, 2.24) is 10.2 Å². The van der Waals surface area contributed by atoms with Gasteiger partial charge < -0.3 is 20.1 Å². The number of nitrogens with zero attached hydrogens (tertiary/aromatic N) is 1. The van der Waals surface area contributed by atoms with Crippen LogP contribution in [0.3, 0.4) is 0 Å². The number of carbonyl (C=O) groups excluding carboxylic acids is 2. The van der Waals surface area contributed by atoms with Gasteiger partial charge >= 0.3 is 12.1 Å². The van der Waals surface area contributed by atoms with Crippen molar-refractivity contribution in [2.45, 2.75) is 38.6 Å². The number of aliphatic carboxylic acids is 1. The number of carboxylic acid groups (broad SMARTS) is 1. The predicted octanol–water partition coefficient (Wildman–Crippen LogP) is 3.63. The first-order chi connectivity index (χ1) is 14.9. The quantitative estimate of drug-likeness (QED) is 0.600. The standard InChI is InChI=1S/C24H28N2O5/c1-3-26(16(2)23(28)29)22(27)13-8-14-25-24(30)31-15-21-19-11-6-4-9-17(19)18-10-5-7-12-20(18)21/h4-7,9-12,16,21H,3,8,13-15H2,1-2H3,(H,25,30)(H,28,29). The molecule has 7 heteroatoms. The van der Waals surface area contributed by atoms with Gasteiger partial charge in [0.2, 0.25) is 5.91 Å². The number of likely N-dealkylation sites (N-methyl/N-ethyl adjacent to an activating group) is 1. The third-order valence-corrected chi connectivity index (χ3v) is 5.67. The van der Waals surface area contributed by atoms with E-state index in [2.05, 4.69) is 29.6 Å². The molecule has 0 radical (unpaired) electrons. The number of carbonyl (C=O) groups is 3. The molecule has 1 atom stereocenters. The molecular weight excluding hydrogens is 396 g/mol. The lowest BCUT2D eigenvalue weighted by molar-refractivity contribution is -0.149. The Hall–Kier alpha value is -3.35. The second-order valence-corrected chi connectivity index (χ2v) is 7.55. The lowest BCUT2D eigenvalue weighted by Crippen LogP contribution is -2.43. The molecule has 2 aromatic carbocycles. The molecule has 1 aliphatic rings. The van der Waals surface area contributed by atoms with Crippen molar-refractivity contribution < 1.29 is 24.2 Å². The second-order valence-electron chi connectivity index (χ2n) is 7.55. The fourth-order valence-corrected chi connectivity index (χ4v) is 4.02. The van der Waals surface area contributed by atoms with Crippen molar-refractivity contribution >= 4 is 18.0 Å². The van der Waals surface area contributed by atoms with E-state index in [9.17, 15) is 14.4 Å². The first-order valence-electron chi connectivity index (χ1n) is 10.5. The third-order valence-electron chi connectivity index (χ3n) is 5.67. The Morgan fingerprint density at radius 1 is 1.06 bits per heavy atom. The smallest absolute Gasteiger partial charge is 0.407 e. The van der Waals surface area contributed by atoms with Crippen molar-refractivity contribution in [2.24, 2.45) is 0 Å². The van der Waals surface area contributed by atoms with Gasteiger partial charge in [-0.15, -0.1) is 0 Å². The molecule has 7 nitrogen and oxygen atoms in total. The number of hydrogen-bond acceptors (Lipinski definition) is 4. The molecule has 1 aliphatic carbocycles. The van der Waals surface area contributed by atoms with Crippen molar-refractivity contribution in [3.8, 4) is 11.1 Å². The zero-order valence-electron chi connectivity index (χ0n) is 17.8. The maximum absolute atomic E-state index is 12.2. The summed E-state index contributed by atoms with van der Waals surface area (Å²) in [4.78, 5) is 36.8. The fraction of sp³-hybridized carbons (Fsp3) is 0.375. The van der Waals surface area contributed by atoms with Crippen LogP contribution < -0.4 is 5.32 Å². The molecule has 164 valence electrons. The van der Waals surface area contributed by atoms with Crippen LogP contribution in [-0.4, -0.2) is 53.7 Å². The zero-order chi connectivity index (χ0) is 22.4. The Kier molecular flexibility index (Phi) is 7.28. The van der Waals surface area contributed by atoms with Gasteiger partial charge in [0.25, 0.3) is 0 Å². The Bertz CT molecular complexity index is 913. The number of fused-ring (bicyclic) bond motifs is 3. The van der Waals surface area contributed by atoms with Gasteiger partial charge in [0.05, 0.1) is 0 Å². The molecule has 31 heavy (non-hydrogen) atoms. The number of rotatable bonds is 9. The lowest BCUT2D eigenvalue weighted by Gasteiger charge is -2.25. The average molecular weight is 424 g/mol. The van der Waals surface area contributed by atoms with Crippen molar-refractivity contribution in [1.29, 1.82) is 0 Å². The molecule has 0 aliphatic heterocycles. The molecule has 0 fully saturated rings. The molecule has 2 aromatic rings. The highest BCUT2D eigenvalue weighted by Crippen LogP contribution is 2.44. The Balaban J connectivity index is 1.46. The van der Waals surface area contributed by atoms with Crippen LogP contribution in [0.2, 0.25) is 0 Å².